The minimum atomic E-state index is -0.111. The Morgan fingerprint density at radius 1 is 0.791 bits per heavy atom. The molecule has 248 valence electrons. The van der Waals surface area contributed by atoms with Crippen molar-refractivity contribution in [2.24, 2.45) is 11.3 Å². The van der Waals surface area contributed by atoms with Crippen molar-refractivity contribution in [2.45, 2.75) is 188 Å². The van der Waals surface area contributed by atoms with E-state index in [9.17, 15) is 0 Å². The van der Waals surface area contributed by atoms with Crippen molar-refractivity contribution >= 4 is 5.95 Å². The first-order chi connectivity index (χ1) is 19.4. The maximum Gasteiger partial charge on any atom is 0.226 e. The van der Waals surface area contributed by atoms with Crippen molar-refractivity contribution in [1.29, 1.82) is 0 Å². The highest BCUT2D eigenvalue weighted by Gasteiger charge is 2.42. The summed E-state index contributed by atoms with van der Waals surface area (Å²) >= 11 is 0. The molecule has 1 unspecified atom stereocenters. The van der Waals surface area contributed by atoms with E-state index in [1.54, 1.807) is 0 Å². The third-order valence-corrected chi connectivity index (χ3v) is 9.38. The van der Waals surface area contributed by atoms with Gasteiger partial charge in [-0.1, -0.05) is 27.2 Å². The van der Waals surface area contributed by atoms with E-state index >= 15 is 0 Å². The van der Waals surface area contributed by atoms with Gasteiger partial charge in [-0.3, -0.25) is 0 Å². The van der Waals surface area contributed by atoms with Gasteiger partial charge in [0, 0.05) is 39.7 Å². The van der Waals surface area contributed by atoms with Gasteiger partial charge in [0.25, 0.3) is 0 Å². The van der Waals surface area contributed by atoms with Crippen LogP contribution in [0.5, 0.6) is 0 Å². The zero-order chi connectivity index (χ0) is 32.6. The lowest BCUT2D eigenvalue weighted by molar-refractivity contribution is 0.0795. The minimum Gasteiger partial charge on any atom is -0.349 e. The van der Waals surface area contributed by atoms with Crippen molar-refractivity contribution in [3.05, 3.63) is 11.6 Å². The minimum absolute atomic E-state index is 0.0807. The number of nitrogens with zero attached hydrogens (tertiary/aromatic N) is 4. The summed E-state index contributed by atoms with van der Waals surface area (Å²) in [6.07, 6.45) is 9.16. The first kappa shape index (κ1) is 36.2. The van der Waals surface area contributed by atoms with Crippen molar-refractivity contribution in [1.82, 2.24) is 30.5 Å². The first-order valence-electron chi connectivity index (χ1n) is 17.1. The van der Waals surface area contributed by atoms with Gasteiger partial charge in [0.1, 0.15) is 11.6 Å². The van der Waals surface area contributed by atoms with Crippen LogP contribution in [0.15, 0.2) is 0 Å². The second kappa shape index (κ2) is 12.8. The largest absolute Gasteiger partial charge is 0.349 e. The molecule has 43 heavy (non-hydrogen) atoms. The Kier molecular flexibility index (Phi) is 10.8. The highest BCUT2D eigenvalue weighted by Crippen LogP contribution is 2.43. The summed E-state index contributed by atoms with van der Waals surface area (Å²) in [7, 11) is 2.34. The van der Waals surface area contributed by atoms with Gasteiger partial charge in [0.2, 0.25) is 5.95 Å². The predicted octanol–water partition coefficient (Wildman–Crippen LogP) is 7.86. The Hall–Kier alpha value is -1.31. The van der Waals surface area contributed by atoms with Gasteiger partial charge in [-0.2, -0.15) is 9.97 Å². The van der Waals surface area contributed by atoms with Gasteiger partial charge < -0.3 is 20.9 Å². The molecule has 0 spiro atoms. The SMILES string of the molecule is Cc1nc(NC(C)(C)CC(C)(C)C)nc(C(CCCCN(C)C2CC(C)(C)NC(C)(C)C2)C2CC(C)(C)NC(C)(C)C2)n1. The van der Waals surface area contributed by atoms with Crippen LogP contribution in [0.1, 0.15) is 159 Å². The Morgan fingerprint density at radius 3 is 1.81 bits per heavy atom. The molecule has 0 aromatic carbocycles. The Balaban J connectivity index is 1.79. The monoisotopic (exact) mass is 600 g/mol. The summed E-state index contributed by atoms with van der Waals surface area (Å²) in [6, 6.07) is 0.615. The van der Waals surface area contributed by atoms with Crippen LogP contribution in [0.4, 0.5) is 5.95 Å². The lowest BCUT2D eigenvalue weighted by Gasteiger charge is -2.49. The molecule has 2 fully saturated rings. The number of aromatic nitrogens is 3. The highest BCUT2D eigenvalue weighted by molar-refractivity contribution is 5.29. The number of unbranched alkanes of at least 4 members (excludes halogenated alkanes) is 1. The highest BCUT2D eigenvalue weighted by atomic mass is 15.2. The summed E-state index contributed by atoms with van der Waals surface area (Å²) in [4.78, 5) is 17.6. The van der Waals surface area contributed by atoms with Crippen LogP contribution >= 0.6 is 0 Å². The molecule has 0 amide bonds. The molecular formula is C36H69N7. The summed E-state index contributed by atoms with van der Waals surface area (Å²) < 4.78 is 0. The van der Waals surface area contributed by atoms with E-state index in [1.807, 2.05) is 6.92 Å². The molecule has 0 radical (unpaired) electrons. The van der Waals surface area contributed by atoms with E-state index in [2.05, 4.69) is 118 Å². The molecule has 2 saturated heterocycles. The Morgan fingerprint density at radius 2 is 1.30 bits per heavy atom. The van der Waals surface area contributed by atoms with Crippen molar-refractivity contribution < 1.29 is 0 Å². The van der Waals surface area contributed by atoms with Crippen LogP contribution in [-0.4, -0.2) is 67.2 Å². The molecule has 0 aliphatic carbocycles. The summed E-state index contributed by atoms with van der Waals surface area (Å²) in [6.45, 7) is 33.4. The van der Waals surface area contributed by atoms with Crippen LogP contribution in [0.2, 0.25) is 0 Å². The number of aryl methyl sites for hydroxylation is 1. The maximum absolute atomic E-state index is 5.17. The van der Waals surface area contributed by atoms with Crippen molar-refractivity contribution in [2.75, 3.05) is 18.9 Å². The number of hydrogen-bond acceptors (Lipinski definition) is 7. The summed E-state index contributed by atoms with van der Waals surface area (Å²) in [5.74, 6) is 3.36. The molecule has 1 aromatic heterocycles. The van der Waals surface area contributed by atoms with E-state index in [-0.39, 0.29) is 33.1 Å². The molecule has 0 bridgehead atoms. The van der Waals surface area contributed by atoms with Gasteiger partial charge in [-0.05, 0) is 146 Å². The Bertz CT molecular complexity index is 1030. The fraction of sp³-hybridized carbons (Fsp3) is 0.917. The van der Waals surface area contributed by atoms with E-state index in [0.717, 1.165) is 49.8 Å². The standard InChI is InChI=1S/C36H69N7/c1-25-37-29(39-30(38-25)40-36(13,14)24-31(2,3)4)28(26-20-32(5,6)41-33(7,8)21-26)18-16-17-19-43(15)27-22-34(9,10)42-35(11,12)23-27/h26-28,41-42H,16-24H2,1-15H3,(H,37,38,39,40). The maximum atomic E-state index is 5.17. The van der Waals surface area contributed by atoms with Gasteiger partial charge in [-0.15, -0.1) is 0 Å². The molecule has 3 heterocycles. The summed E-state index contributed by atoms with van der Waals surface area (Å²) in [5.41, 5.74) is 0.603. The number of rotatable bonds is 11. The molecule has 7 heteroatoms. The number of nitrogens with one attached hydrogen (secondary N) is 3. The van der Waals surface area contributed by atoms with E-state index in [1.165, 1.54) is 25.7 Å². The average Bonchev–Trinajstić information content (AvgIpc) is 2.71. The topological polar surface area (TPSA) is 78.0 Å². The molecular weight excluding hydrogens is 530 g/mol. The molecule has 1 aromatic rings. The normalized spacial score (nSPS) is 23.3. The fourth-order valence-electron chi connectivity index (χ4n) is 9.15. The average molecular weight is 600 g/mol. The third kappa shape index (κ3) is 11.5. The number of piperidine rings is 2. The third-order valence-electron chi connectivity index (χ3n) is 9.38. The van der Waals surface area contributed by atoms with Crippen LogP contribution < -0.4 is 16.0 Å². The van der Waals surface area contributed by atoms with E-state index < -0.39 is 0 Å². The smallest absolute Gasteiger partial charge is 0.226 e. The van der Waals surface area contributed by atoms with Crippen LogP contribution in [0.3, 0.4) is 0 Å². The molecule has 2 aliphatic heterocycles. The van der Waals surface area contributed by atoms with Gasteiger partial charge >= 0.3 is 0 Å². The first-order valence-corrected chi connectivity index (χ1v) is 17.1. The van der Waals surface area contributed by atoms with Crippen LogP contribution in [0, 0.1) is 18.3 Å². The van der Waals surface area contributed by atoms with Crippen LogP contribution in [-0.2, 0) is 0 Å². The molecule has 7 nitrogen and oxygen atoms in total. The zero-order valence-corrected chi connectivity index (χ0v) is 30.9. The van der Waals surface area contributed by atoms with Gasteiger partial charge in [0.15, 0.2) is 0 Å². The lowest BCUT2D eigenvalue weighted by atomic mass is 9.69. The molecule has 1 atom stereocenters. The van der Waals surface area contributed by atoms with E-state index in [4.69, 9.17) is 15.0 Å². The summed E-state index contributed by atoms with van der Waals surface area (Å²) in [5, 5.41) is 11.4. The molecule has 3 N–H and O–H groups in total. The van der Waals surface area contributed by atoms with E-state index in [0.29, 0.717) is 17.9 Å². The van der Waals surface area contributed by atoms with Gasteiger partial charge in [0.05, 0.1) is 0 Å². The zero-order valence-electron chi connectivity index (χ0n) is 30.9. The van der Waals surface area contributed by atoms with Crippen molar-refractivity contribution in [3.8, 4) is 0 Å². The number of hydrogen-bond donors (Lipinski definition) is 3. The second-order valence-electron chi connectivity index (χ2n) is 18.9. The number of anilines is 1. The fourth-order valence-corrected chi connectivity index (χ4v) is 9.15. The molecule has 2 aliphatic rings. The molecule has 0 saturated carbocycles. The van der Waals surface area contributed by atoms with Gasteiger partial charge in [-0.25, -0.2) is 4.98 Å². The lowest BCUT2D eigenvalue weighted by Crippen LogP contribution is -2.61. The van der Waals surface area contributed by atoms with Crippen molar-refractivity contribution in [3.63, 3.8) is 0 Å². The molecule has 3 rings (SSSR count). The Labute approximate surface area is 266 Å². The quantitative estimate of drug-likeness (QED) is 0.224. The predicted molar refractivity (Wildman–Crippen MR) is 184 cm³/mol. The second-order valence-corrected chi connectivity index (χ2v) is 18.9. The van der Waals surface area contributed by atoms with Crippen LogP contribution in [0.25, 0.3) is 0 Å².